The van der Waals surface area contributed by atoms with E-state index in [1.54, 1.807) is 10.4 Å². The van der Waals surface area contributed by atoms with E-state index in [4.69, 9.17) is 0 Å². The molecular formula is C15H25NS2. The van der Waals surface area contributed by atoms with Crippen LogP contribution < -0.4 is 0 Å². The van der Waals surface area contributed by atoms with E-state index in [0.717, 1.165) is 5.75 Å². The molecule has 2 heterocycles. The molecule has 1 aromatic heterocycles. The van der Waals surface area contributed by atoms with Crippen molar-refractivity contribution < 1.29 is 0 Å². The fourth-order valence-electron chi connectivity index (χ4n) is 2.96. The van der Waals surface area contributed by atoms with E-state index in [9.17, 15) is 0 Å². The highest BCUT2D eigenvalue weighted by Crippen LogP contribution is 2.37. The molecule has 0 saturated carbocycles. The molecule has 1 unspecified atom stereocenters. The third-order valence-corrected chi connectivity index (χ3v) is 6.45. The summed E-state index contributed by atoms with van der Waals surface area (Å²) in [5.41, 5.74) is 1.96. The number of thiophene rings is 1. The van der Waals surface area contributed by atoms with E-state index < -0.39 is 0 Å². The molecule has 102 valence electrons. The second-order valence-corrected chi connectivity index (χ2v) is 6.88. The SMILES string of the molecule is CCC(CC)(CS)CN1CCc2sccc2C1C. The predicted octanol–water partition coefficient (Wildman–Crippen LogP) is 4.40. The number of rotatable bonds is 5. The summed E-state index contributed by atoms with van der Waals surface area (Å²) in [4.78, 5) is 4.27. The van der Waals surface area contributed by atoms with Gasteiger partial charge in [0.25, 0.3) is 0 Å². The first-order valence-corrected chi connectivity index (χ1v) is 8.58. The lowest BCUT2D eigenvalue weighted by atomic mass is 9.82. The lowest BCUT2D eigenvalue weighted by Gasteiger charge is -2.41. The Morgan fingerprint density at radius 3 is 2.78 bits per heavy atom. The topological polar surface area (TPSA) is 3.24 Å². The average molecular weight is 284 g/mol. The highest BCUT2D eigenvalue weighted by molar-refractivity contribution is 7.80. The minimum absolute atomic E-state index is 0.394. The van der Waals surface area contributed by atoms with Gasteiger partial charge in [0.2, 0.25) is 0 Å². The summed E-state index contributed by atoms with van der Waals surface area (Å²) in [6, 6.07) is 2.90. The van der Waals surface area contributed by atoms with Crippen molar-refractivity contribution in [1.29, 1.82) is 0 Å². The smallest absolute Gasteiger partial charge is 0.0331 e. The standard InChI is InChI=1S/C15H25NS2/c1-4-15(5-2,11-17)10-16-8-6-14-13(12(16)3)7-9-18-14/h7,9,12,17H,4-6,8,10-11H2,1-3H3. The molecule has 1 atom stereocenters. The number of nitrogens with zero attached hydrogens (tertiary/aromatic N) is 1. The third-order valence-electron chi connectivity index (χ3n) is 4.78. The molecule has 0 amide bonds. The van der Waals surface area contributed by atoms with Gasteiger partial charge in [-0.1, -0.05) is 13.8 Å². The van der Waals surface area contributed by atoms with Crippen molar-refractivity contribution in [3.8, 4) is 0 Å². The van der Waals surface area contributed by atoms with Crippen molar-refractivity contribution in [3.63, 3.8) is 0 Å². The van der Waals surface area contributed by atoms with Crippen LogP contribution in [0.15, 0.2) is 11.4 Å². The van der Waals surface area contributed by atoms with Crippen LogP contribution in [0.1, 0.15) is 50.1 Å². The van der Waals surface area contributed by atoms with Crippen LogP contribution in [0.2, 0.25) is 0 Å². The van der Waals surface area contributed by atoms with Gasteiger partial charge in [-0.05, 0) is 54.4 Å². The summed E-state index contributed by atoms with van der Waals surface area (Å²) < 4.78 is 0. The number of fused-ring (bicyclic) bond motifs is 1. The molecular weight excluding hydrogens is 258 g/mol. The lowest BCUT2D eigenvalue weighted by Crippen LogP contribution is -2.42. The van der Waals surface area contributed by atoms with Crippen molar-refractivity contribution in [1.82, 2.24) is 4.90 Å². The number of hydrogen-bond acceptors (Lipinski definition) is 3. The fraction of sp³-hybridized carbons (Fsp3) is 0.733. The molecule has 0 aromatic carbocycles. The molecule has 0 N–H and O–H groups in total. The van der Waals surface area contributed by atoms with Crippen LogP contribution in [0, 0.1) is 5.41 Å². The van der Waals surface area contributed by atoms with Gasteiger partial charge < -0.3 is 0 Å². The Labute approximate surface area is 121 Å². The molecule has 0 bridgehead atoms. The minimum atomic E-state index is 0.394. The molecule has 0 aliphatic carbocycles. The fourth-order valence-corrected chi connectivity index (χ4v) is 4.47. The zero-order valence-electron chi connectivity index (χ0n) is 11.8. The van der Waals surface area contributed by atoms with Crippen molar-refractivity contribution in [3.05, 3.63) is 21.9 Å². The molecule has 2 rings (SSSR count). The van der Waals surface area contributed by atoms with E-state index in [2.05, 4.69) is 49.7 Å². The highest BCUT2D eigenvalue weighted by Gasteiger charge is 2.32. The molecule has 0 spiro atoms. The van der Waals surface area contributed by atoms with Crippen LogP contribution in [0.5, 0.6) is 0 Å². The van der Waals surface area contributed by atoms with Crippen LogP contribution in [0.4, 0.5) is 0 Å². The van der Waals surface area contributed by atoms with Gasteiger partial charge in [0.1, 0.15) is 0 Å². The monoisotopic (exact) mass is 283 g/mol. The Morgan fingerprint density at radius 1 is 1.44 bits per heavy atom. The zero-order valence-corrected chi connectivity index (χ0v) is 13.5. The Hall–Kier alpha value is 0.0100. The van der Waals surface area contributed by atoms with E-state index >= 15 is 0 Å². The zero-order chi connectivity index (χ0) is 13.2. The van der Waals surface area contributed by atoms with Gasteiger partial charge in [-0.25, -0.2) is 0 Å². The summed E-state index contributed by atoms with van der Waals surface area (Å²) >= 11 is 6.53. The third kappa shape index (κ3) is 2.63. The number of thiol groups is 1. The molecule has 0 saturated heterocycles. The first-order valence-electron chi connectivity index (χ1n) is 7.07. The summed E-state index contributed by atoms with van der Waals surface area (Å²) in [6.07, 6.45) is 3.69. The van der Waals surface area contributed by atoms with Crippen LogP contribution in [-0.2, 0) is 6.42 Å². The first-order chi connectivity index (χ1) is 8.65. The number of hydrogen-bond donors (Lipinski definition) is 1. The van der Waals surface area contributed by atoms with Crippen LogP contribution >= 0.6 is 24.0 Å². The van der Waals surface area contributed by atoms with E-state index in [1.807, 2.05) is 11.3 Å². The predicted molar refractivity (Wildman–Crippen MR) is 84.9 cm³/mol. The van der Waals surface area contributed by atoms with Crippen LogP contribution in [0.25, 0.3) is 0 Å². The maximum absolute atomic E-state index is 4.61. The van der Waals surface area contributed by atoms with Gasteiger partial charge in [-0.15, -0.1) is 11.3 Å². The first kappa shape index (κ1) is 14.4. The molecule has 1 aliphatic heterocycles. The van der Waals surface area contributed by atoms with E-state index in [-0.39, 0.29) is 0 Å². The summed E-state index contributed by atoms with van der Waals surface area (Å²) in [7, 11) is 0. The second kappa shape index (κ2) is 5.98. The normalized spacial score (nSPS) is 21.0. The maximum Gasteiger partial charge on any atom is 0.0331 e. The van der Waals surface area contributed by atoms with Gasteiger partial charge in [0.05, 0.1) is 0 Å². The van der Waals surface area contributed by atoms with E-state index in [0.29, 0.717) is 11.5 Å². The molecule has 0 fully saturated rings. The quantitative estimate of drug-likeness (QED) is 0.784. The molecule has 1 aromatic rings. The van der Waals surface area contributed by atoms with Gasteiger partial charge in [0.15, 0.2) is 0 Å². The molecule has 18 heavy (non-hydrogen) atoms. The van der Waals surface area contributed by atoms with Crippen LogP contribution in [0.3, 0.4) is 0 Å². The summed E-state index contributed by atoms with van der Waals surface area (Å²) in [5.74, 6) is 1.000. The molecule has 1 aliphatic rings. The Bertz CT molecular complexity index is 373. The maximum atomic E-state index is 4.61. The lowest BCUT2D eigenvalue weighted by molar-refractivity contribution is 0.116. The molecule has 0 radical (unpaired) electrons. The highest BCUT2D eigenvalue weighted by atomic mass is 32.1. The van der Waals surface area contributed by atoms with Crippen molar-refractivity contribution in [2.24, 2.45) is 5.41 Å². The Kier molecular flexibility index (Phi) is 4.79. The summed E-state index contributed by atoms with van der Waals surface area (Å²) in [5, 5.41) is 2.25. The minimum Gasteiger partial charge on any atom is -0.296 e. The van der Waals surface area contributed by atoms with Gasteiger partial charge in [0, 0.05) is 24.0 Å². The Morgan fingerprint density at radius 2 is 2.17 bits per heavy atom. The van der Waals surface area contributed by atoms with Crippen LogP contribution in [-0.4, -0.2) is 23.7 Å². The van der Waals surface area contributed by atoms with Crippen molar-refractivity contribution in [2.75, 3.05) is 18.8 Å². The van der Waals surface area contributed by atoms with Gasteiger partial charge >= 0.3 is 0 Å². The van der Waals surface area contributed by atoms with Gasteiger partial charge in [-0.2, -0.15) is 12.6 Å². The van der Waals surface area contributed by atoms with Crippen molar-refractivity contribution in [2.45, 2.75) is 46.1 Å². The molecule has 1 nitrogen and oxygen atoms in total. The largest absolute Gasteiger partial charge is 0.296 e. The van der Waals surface area contributed by atoms with Crippen molar-refractivity contribution >= 4 is 24.0 Å². The van der Waals surface area contributed by atoms with E-state index in [1.165, 1.54) is 32.4 Å². The Balaban J connectivity index is 2.12. The van der Waals surface area contributed by atoms with Gasteiger partial charge in [-0.3, -0.25) is 4.90 Å². The second-order valence-electron chi connectivity index (χ2n) is 5.56. The summed E-state index contributed by atoms with van der Waals surface area (Å²) in [6.45, 7) is 9.39. The molecule has 3 heteroatoms. The average Bonchev–Trinajstić information content (AvgIpc) is 2.88.